The zero-order chi connectivity index (χ0) is 14.5. The lowest BCUT2D eigenvalue weighted by molar-refractivity contribution is -0.127. The molecule has 0 radical (unpaired) electrons. The van der Waals surface area contributed by atoms with Gasteiger partial charge >= 0.3 is 0 Å². The molecule has 0 aliphatic carbocycles. The lowest BCUT2D eigenvalue weighted by Gasteiger charge is -2.35. The Kier molecular flexibility index (Phi) is 4.82. The number of nitrogens with zero attached hydrogens (tertiary/aromatic N) is 1. The zero-order valence-electron chi connectivity index (χ0n) is 12.1. The van der Waals surface area contributed by atoms with Crippen LogP contribution in [0.1, 0.15) is 49.9 Å². The third kappa shape index (κ3) is 3.21. The second-order valence-corrected chi connectivity index (χ2v) is 5.34. The van der Waals surface area contributed by atoms with Crippen molar-refractivity contribution in [3.05, 3.63) is 24.2 Å². The summed E-state index contributed by atoms with van der Waals surface area (Å²) in [5, 5.41) is 2.97. The van der Waals surface area contributed by atoms with Gasteiger partial charge in [-0.3, -0.25) is 9.59 Å². The maximum atomic E-state index is 12.4. The smallest absolute Gasteiger partial charge is 0.257 e. The largest absolute Gasteiger partial charge is 0.472 e. The van der Waals surface area contributed by atoms with Gasteiger partial charge in [0, 0.05) is 12.6 Å². The Labute approximate surface area is 119 Å². The Morgan fingerprint density at radius 2 is 2.30 bits per heavy atom. The molecular formula is C15H22N2O3. The van der Waals surface area contributed by atoms with Crippen molar-refractivity contribution in [2.24, 2.45) is 0 Å². The van der Waals surface area contributed by atoms with Crippen LogP contribution in [0.3, 0.4) is 0 Å². The van der Waals surface area contributed by atoms with Crippen LogP contribution < -0.4 is 5.32 Å². The number of likely N-dealkylation sites (tertiary alicyclic amines) is 1. The minimum Gasteiger partial charge on any atom is -0.472 e. The zero-order valence-corrected chi connectivity index (χ0v) is 12.1. The van der Waals surface area contributed by atoms with Crippen molar-refractivity contribution in [3.63, 3.8) is 0 Å². The van der Waals surface area contributed by atoms with Crippen LogP contribution in [0.15, 0.2) is 23.0 Å². The first kappa shape index (κ1) is 14.6. The standard InChI is InChI=1S/C15H22N2O3/c1-3-11(2)16-14(18)13-6-4-5-8-17(13)15(19)12-7-9-20-10-12/h7,9-11,13H,3-6,8H2,1-2H3,(H,16,18)/t11-,13-/m1/s1. The van der Waals surface area contributed by atoms with Crippen LogP contribution in [0.25, 0.3) is 0 Å². The van der Waals surface area contributed by atoms with Crippen LogP contribution in [0.5, 0.6) is 0 Å². The average Bonchev–Trinajstić information content (AvgIpc) is 3.00. The first-order valence-electron chi connectivity index (χ1n) is 7.27. The number of hydrogen-bond acceptors (Lipinski definition) is 3. The minimum absolute atomic E-state index is 0.0455. The van der Waals surface area contributed by atoms with Crippen molar-refractivity contribution in [1.29, 1.82) is 0 Å². The maximum absolute atomic E-state index is 12.4. The highest BCUT2D eigenvalue weighted by molar-refractivity contribution is 5.97. The Hall–Kier alpha value is -1.78. The molecular weight excluding hydrogens is 256 g/mol. The summed E-state index contributed by atoms with van der Waals surface area (Å²) in [4.78, 5) is 26.4. The van der Waals surface area contributed by atoms with E-state index in [0.717, 1.165) is 25.7 Å². The van der Waals surface area contributed by atoms with Crippen molar-refractivity contribution < 1.29 is 14.0 Å². The fraction of sp³-hybridized carbons (Fsp3) is 0.600. The molecule has 0 spiro atoms. The summed E-state index contributed by atoms with van der Waals surface area (Å²) in [6, 6.07) is 1.41. The van der Waals surface area contributed by atoms with E-state index in [-0.39, 0.29) is 23.9 Å². The van der Waals surface area contributed by atoms with Gasteiger partial charge in [0.2, 0.25) is 5.91 Å². The molecule has 5 nitrogen and oxygen atoms in total. The molecule has 2 rings (SSSR count). The molecule has 1 aliphatic heterocycles. The van der Waals surface area contributed by atoms with Gasteiger partial charge in [0.15, 0.2) is 0 Å². The second kappa shape index (κ2) is 6.59. The topological polar surface area (TPSA) is 62.6 Å². The summed E-state index contributed by atoms with van der Waals surface area (Å²) in [6.07, 6.45) is 6.44. The molecule has 110 valence electrons. The fourth-order valence-corrected chi connectivity index (χ4v) is 2.44. The van der Waals surface area contributed by atoms with Gasteiger partial charge in [0.25, 0.3) is 5.91 Å². The number of hydrogen-bond donors (Lipinski definition) is 1. The van der Waals surface area contributed by atoms with E-state index in [0.29, 0.717) is 12.1 Å². The van der Waals surface area contributed by atoms with Crippen molar-refractivity contribution in [1.82, 2.24) is 10.2 Å². The molecule has 1 aromatic rings. The SMILES string of the molecule is CC[C@@H](C)NC(=O)[C@H]1CCCCN1C(=O)c1ccoc1. The number of carbonyl (C=O) groups is 2. The molecule has 20 heavy (non-hydrogen) atoms. The van der Waals surface area contributed by atoms with E-state index < -0.39 is 0 Å². The third-order valence-electron chi connectivity index (χ3n) is 3.84. The van der Waals surface area contributed by atoms with Crippen molar-refractivity contribution >= 4 is 11.8 Å². The first-order valence-corrected chi connectivity index (χ1v) is 7.27. The van der Waals surface area contributed by atoms with Crippen molar-refractivity contribution in [2.45, 2.75) is 51.6 Å². The summed E-state index contributed by atoms with van der Waals surface area (Å²) >= 11 is 0. The molecule has 1 saturated heterocycles. The lowest BCUT2D eigenvalue weighted by atomic mass is 10.00. The normalized spacial score (nSPS) is 20.5. The molecule has 0 unspecified atom stereocenters. The van der Waals surface area contributed by atoms with E-state index in [4.69, 9.17) is 4.42 Å². The van der Waals surface area contributed by atoms with E-state index in [2.05, 4.69) is 5.32 Å². The van der Waals surface area contributed by atoms with Gasteiger partial charge in [-0.15, -0.1) is 0 Å². The van der Waals surface area contributed by atoms with Gasteiger partial charge in [-0.1, -0.05) is 6.92 Å². The molecule has 1 aliphatic rings. The van der Waals surface area contributed by atoms with Gasteiger partial charge < -0.3 is 14.6 Å². The highest BCUT2D eigenvalue weighted by Crippen LogP contribution is 2.20. The summed E-state index contributed by atoms with van der Waals surface area (Å²) in [7, 11) is 0. The Bertz CT molecular complexity index is 456. The minimum atomic E-state index is -0.361. The van der Waals surface area contributed by atoms with Crippen molar-refractivity contribution in [2.75, 3.05) is 6.54 Å². The molecule has 2 atom stereocenters. The molecule has 1 fully saturated rings. The van der Waals surface area contributed by atoms with Crippen LogP contribution >= 0.6 is 0 Å². The Morgan fingerprint density at radius 3 is 2.95 bits per heavy atom. The molecule has 0 bridgehead atoms. The highest BCUT2D eigenvalue weighted by atomic mass is 16.3. The van der Waals surface area contributed by atoms with Crippen LogP contribution in [0.2, 0.25) is 0 Å². The summed E-state index contributed by atoms with van der Waals surface area (Å²) < 4.78 is 4.96. The number of nitrogens with one attached hydrogen (secondary N) is 1. The van der Waals surface area contributed by atoms with Crippen LogP contribution in [0, 0.1) is 0 Å². The summed E-state index contributed by atoms with van der Waals surface area (Å²) in [5.41, 5.74) is 0.508. The average molecular weight is 278 g/mol. The monoisotopic (exact) mass is 278 g/mol. The molecule has 1 aromatic heterocycles. The van der Waals surface area contributed by atoms with Crippen LogP contribution in [-0.2, 0) is 4.79 Å². The molecule has 1 N–H and O–H groups in total. The van der Waals surface area contributed by atoms with E-state index in [1.165, 1.54) is 12.5 Å². The van der Waals surface area contributed by atoms with Crippen LogP contribution in [0.4, 0.5) is 0 Å². The van der Waals surface area contributed by atoms with E-state index >= 15 is 0 Å². The molecule has 5 heteroatoms. The molecule has 0 saturated carbocycles. The maximum Gasteiger partial charge on any atom is 0.257 e. The Morgan fingerprint density at radius 1 is 1.50 bits per heavy atom. The van der Waals surface area contributed by atoms with E-state index in [9.17, 15) is 9.59 Å². The van der Waals surface area contributed by atoms with Gasteiger partial charge in [-0.25, -0.2) is 0 Å². The van der Waals surface area contributed by atoms with E-state index in [1.54, 1.807) is 11.0 Å². The number of carbonyl (C=O) groups excluding carboxylic acids is 2. The van der Waals surface area contributed by atoms with Gasteiger partial charge in [0.05, 0.1) is 11.8 Å². The van der Waals surface area contributed by atoms with Crippen LogP contribution in [-0.4, -0.2) is 35.3 Å². The molecule has 0 aromatic carbocycles. The molecule has 2 amide bonds. The predicted octanol–water partition coefficient (Wildman–Crippen LogP) is 2.19. The highest BCUT2D eigenvalue weighted by Gasteiger charge is 2.33. The fourth-order valence-electron chi connectivity index (χ4n) is 2.44. The van der Waals surface area contributed by atoms with Gasteiger partial charge in [-0.05, 0) is 38.7 Å². The van der Waals surface area contributed by atoms with Gasteiger partial charge in [-0.2, -0.15) is 0 Å². The summed E-state index contributed by atoms with van der Waals surface area (Å²) in [6.45, 7) is 4.63. The second-order valence-electron chi connectivity index (χ2n) is 5.34. The summed E-state index contributed by atoms with van der Waals surface area (Å²) in [5.74, 6) is -0.168. The number of piperidine rings is 1. The number of amides is 2. The number of furan rings is 1. The number of rotatable bonds is 4. The third-order valence-corrected chi connectivity index (χ3v) is 3.84. The lowest BCUT2D eigenvalue weighted by Crippen LogP contribution is -2.53. The van der Waals surface area contributed by atoms with Crippen molar-refractivity contribution in [3.8, 4) is 0 Å². The Balaban J connectivity index is 2.09. The first-order chi connectivity index (χ1) is 9.63. The van der Waals surface area contributed by atoms with E-state index in [1.807, 2.05) is 13.8 Å². The molecule has 2 heterocycles. The predicted molar refractivity (Wildman–Crippen MR) is 75.3 cm³/mol. The van der Waals surface area contributed by atoms with Gasteiger partial charge in [0.1, 0.15) is 12.3 Å². The quantitative estimate of drug-likeness (QED) is 0.918.